The van der Waals surface area contributed by atoms with E-state index < -0.39 is 0 Å². The Labute approximate surface area is 124 Å². The second-order valence-electron chi connectivity index (χ2n) is 5.08. The minimum Gasteiger partial charge on any atom is -0.349 e. The van der Waals surface area contributed by atoms with Crippen molar-refractivity contribution >= 4 is 5.91 Å². The standard InChI is InChI=1S/C15H21N5O/c1-3-15(16,4-2)11-17-14(21)12-7-5-8-13(19-12)20-10-6-9-18-20/h5-10H,3-4,11,16H2,1-2H3,(H,17,21). The molecule has 0 bridgehead atoms. The third-order valence-corrected chi connectivity index (χ3v) is 3.72. The average Bonchev–Trinajstić information content (AvgIpc) is 3.07. The first kappa shape index (κ1) is 15.2. The molecule has 0 unspecified atom stereocenters. The number of carbonyl (C=O) groups is 1. The molecule has 0 aliphatic heterocycles. The lowest BCUT2D eigenvalue weighted by Gasteiger charge is -2.26. The average molecular weight is 287 g/mol. The fourth-order valence-electron chi connectivity index (χ4n) is 1.93. The Hall–Kier alpha value is -2.21. The van der Waals surface area contributed by atoms with Crippen LogP contribution in [0.15, 0.2) is 36.7 Å². The lowest BCUT2D eigenvalue weighted by Crippen LogP contribution is -2.49. The summed E-state index contributed by atoms with van der Waals surface area (Å²) in [6.07, 6.45) is 5.07. The fourth-order valence-corrected chi connectivity index (χ4v) is 1.93. The molecule has 2 aromatic heterocycles. The molecule has 21 heavy (non-hydrogen) atoms. The minimum atomic E-state index is -0.366. The zero-order chi connectivity index (χ0) is 15.3. The number of amides is 1. The summed E-state index contributed by atoms with van der Waals surface area (Å²) in [5, 5.41) is 6.96. The van der Waals surface area contributed by atoms with Crippen LogP contribution in [0.25, 0.3) is 5.82 Å². The molecule has 0 fully saturated rings. The quantitative estimate of drug-likeness (QED) is 0.843. The van der Waals surface area contributed by atoms with Crippen molar-refractivity contribution in [2.45, 2.75) is 32.2 Å². The maximum atomic E-state index is 12.2. The second kappa shape index (κ2) is 6.49. The molecular formula is C15H21N5O. The van der Waals surface area contributed by atoms with Gasteiger partial charge in [0.1, 0.15) is 5.69 Å². The number of nitrogens with two attached hydrogens (primary N) is 1. The van der Waals surface area contributed by atoms with Gasteiger partial charge in [-0.15, -0.1) is 0 Å². The number of hydrogen-bond donors (Lipinski definition) is 2. The predicted octanol–water partition coefficient (Wildman–Crippen LogP) is 1.51. The summed E-state index contributed by atoms with van der Waals surface area (Å²) < 4.78 is 1.61. The summed E-state index contributed by atoms with van der Waals surface area (Å²) >= 11 is 0. The van der Waals surface area contributed by atoms with Gasteiger partial charge in [-0.2, -0.15) is 5.10 Å². The SMILES string of the molecule is CCC(N)(CC)CNC(=O)c1cccc(-n2cccn2)n1. The summed E-state index contributed by atoms with van der Waals surface area (Å²) in [4.78, 5) is 16.5. The summed E-state index contributed by atoms with van der Waals surface area (Å²) in [6.45, 7) is 4.48. The van der Waals surface area contributed by atoms with E-state index in [1.54, 1.807) is 41.3 Å². The van der Waals surface area contributed by atoms with Crippen molar-refractivity contribution in [2.75, 3.05) is 6.54 Å². The van der Waals surface area contributed by atoms with E-state index in [1.165, 1.54) is 0 Å². The zero-order valence-electron chi connectivity index (χ0n) is 12.4. The molecule has 112 valence electrons. The Morgan fingerprint density at radius 2 is 2.10 bits per heavy atom. The van der Waals surface area contributed by atoms with Crippen LogP contribution >= 0.6 is 0 Å². The Bertz CT molecular complexity index is 590. The van der Waals surface area contributed by atoms with Gasteiger partial charge in [-0.3, -0.25) is 4.79 Å². The molecule has 0 atom stereocenters. The van der Waals surface area contributed by atoms with Crippen molar-refractivity contribution < 1.29 is 4.79 Å². The molecule has 0 spiro atoms. The molecule has 2 heterocycles. The van der Waals surface area contributed by atoms with Gasteiger partial charge in [0, 0.05) is 24.5 Å². The first-order valence-corrected chi connectivity index (χ1v) is 7.12. The van der Waals surface area contributed by atoms with Gasteiger partial charge in [-0.25, -0.2) is 9.67 Å². The Morgan fingerprint density at radius 1 is 1.33 bits per heavy atom. The van der Waals surface area contributed by atoms with Crippen LogP contribution in [0, 0.1) is 0 Å². The van der Waals surface area contributed by atoms with E-state index in [0.717, 1.165) is 12.8 Å². The first-order chi connectivity index (χ1) is 10.1. The number of nitrogens with zero attached hydrogens (tertiary/aromatic N) is 3. The maximum Gasteiger partial charge on any atom is 0.270 e. The van der Waals surface area contributed by atoms with E-state index in [4.69, 9.17) is 5.73 Å². The lowest BCUT2D eigenvalue weighted by atomic mass is 9.94. The zero-order valence-corrected chi connectivity index (χ0v) is 12.4. The number of carbonyl (C=O) groups excluding carboxylic acids is 1. The van der Waals surface area contributed by atoms with Crippen LogP contribution in [0.4, 0.5) is 0 Å². The summed E-state index contributed by atoms with van der Waals surface area (Å²) in [6, 6.07) is 7.07. The third kappa shape index (κ3) is 3.66. The maximum absolute atomic E-state index is 12.2. The molecule has 0 saturated carbocycles. The number of rotatable bonds is 6. The normalized spacial score (nSPS) is 11.4. The van der Waals surface area contributed by atoms with Crippen molar-refractivity contribution in [3.05, 3.63) is 42.4 Å². The van der Waals surface area contributed by atoms with Crippen molar-refractivity contribution in [2.24, 2.45) is 5.73 Å². The van der Waals surface area contributed by atoms with E-state index in [1.807, 2.05) is 13.8 Å². The molecule has 0 aliphatic rings. The number of pyridine rings is 1. The largest absolute Gasteiger partial charge is 0.349 e. The molecule has 0 saturated heterocycles. The number of aromatic nitrogens is 3. The van der Waals surface area contributed by atoms with Crippen molar-refractivity contribution in [1.82, 2.24) is 20.1 Å². The van der Waals surface area contributed by atoms with Gasteiger partial charge in [0.15, 0.2) is 5.82 Å². The van der Waals surface area contributed by atoms with Gasteiger partial charge in [0.2, 0.25) is 0 Å². The van der Waals surface area contributed by atoms with Crippen LogP contribution < -0.4 is 11.1 Å². The van der Waals surface area contributed by atoms with Gasteiger partial charge < -0.3 is 11.1 Å². The monoisotopic (exact) mass is 287 g/mol. The Morgan fingerprint density at radius 3 is 2.71 bits per heavy atom. The Kier molecular flexibility index (Phi) is 4.70. The highest BCUT2D eigenvalue weighted by Gasteiger charge is 2.21. The van der Waals surface area contributed by atoms with Crippen LogP contribution in [0.3, 0.4) is 0 Å². The van der Waals surface area contributed by atoms with Crippen LogP contribution in [0.5, 0.6) is 0 Å². The Balaban J connectivity index is 2.08. The summed E-state index contributed by atoms with van der Waals surface area (Å²) in [5.41, 5.74) is 6.17. The minimum absolute atomic E-state index is 0.222. The fraction of sp³-hybridized carbons (Fsp3) is 0.400. The van der Waals surface area contributed by atoms with E-state index >= 15 is 0 Å². The molecule has 0 aromatic carbocycles. The van der Waals surface area contributed by atoms with Gasteiger partial charge in [0.25, 0.3) is 5.91 Å². The van der Waals surface area contributed by atoms with Crippen molar-refractivity contribution in [3.8, 4) is 5.82 Å². The van der Waals surface area contributed by atoms with Crippen LogP contribution in [-0.4, -0.2) is 32.8 Å². The van der Waals surface area contributed by atoms with E-state index in [2.05, 4.69) is 15.4 Å². The van der Waals surface area contributed by atoms with Crippen LogP contribution in [0.2, 0.25) is 0 Å². The van der Waals surface area contributed by atoms with Gasteiger partial charge in [-0.05, 0) is 31.0 Å². The molecule has 0 radical (unpaired) electrons. The summed E-state index contributed by atoms with van der Waals surface area (Å²) in [5.74, 6) is 0.387. The molecule has 2 aromatic rings. The van der Waals surface area contributed by atoms with Crippen LogP contribution in [-0.2, 0) is 0 Å². The highest BCUT2D eigenvalue weighted by Crippen LogP contribution is 2.10. The molecule has 0 aliphatic carbocycles. The van der Waals surface area contributed by atoms with Crippen molar-refractivity contribution in [1.29, 1.82) is 0 Å². The predicted molar refractivity (Wildman–Crippen MR) is 81.2 cm³/mol. The smallest absolute Gasteiger partial charge is 0.270 e. The van der Waals surface area contributed by atoms with Crippen molar-refractivity contribution in [3.63, 3.8) is 0 Å². The molecule has 3 N–H and O–H groups in total. The lowest BCUT2D eigenvalue weighted by molar-refractivity contribution is 0.0937. The summed E-state index contributed by atoms with van der Waals surface area (Å²) in [7, 11) is 0. The highest BCUT2D eigenvalue weighted by atomic mass is 16.1. The second-order valence-corrected chi connectivity index (χ2v) is 5.08. The van der Waals surface area contributed by atoms with E-state index in [0.29, 0.717) is 18.1 Å². The topological polar surface area (TPSA) is 85.8 Å². The van der Waals surface area contributed by atoms with Gasteiger partial charge in [-0.1, -0.05) is 19.9 Å². The molecule has 6 heteroatoms. The molecule has 6 nitrogen and oxygen atoms in total. The number of nitrogens with one attached hydrogen (secondary N) is 1. The molecular weight excluding hydrogens is 266 g/mol. The van der Waals surface area contributed by atoms with E-state index in [9.17, 15) is 4.79 Å². The third-order valence-electron chi connectivity index (χ3n) is 3.72. The molecule has 2 rings (SSSR count). The number of hydrogen-bond acceptors (Lipinski definition) is 4. The molecule has 1 amide bonds. The first-order valence-electron chi connectivity index (χ1n) is 7.12. The van der Waals surface area contributed by atoms with Gasteiger partial charge >= 0.3 is 0 Å². The van der Waals surface area contributed by atoms with E-state index in [-0.39, 0.29) is 11.4 Å². The van der Waals surface area contributed by atoms with Crippen LogP contribution in [0.1, 0.15) is 37.2 Å². The highest BCUT2D eigenvalue weighted by molar-refractivity contribution is 5.92. The van der Waals surface area contributed by atoms with Gasteiger partial charge in [0.05, 0.1) is 0 Å².